The van der Waals surface area contributed by atoms with Crippen LogP contribution in [-0.4, -0.2) is 12.4 Å². The lowest BCUT2D eigenvalue weighted by Gasteiger charge is -2.17. The SMILES string of the molecule is Cc1ccc(C2=CCN=C(c3cc(I)ccc3I)O2)cc1. The molecule has 0 atom stereocenters. The van der Waals surface area contributed by atoms with E-state index in [1.54, 1.807) is 0 Å². The second-order valence-corrected chi connectivity index (χ2v) is 7.21. The first-order chi connectivity index (χ1) is 10.1. The number of nitrogens with zero attached hydrogens (tertiary/aromatic N) is 1. The number of aliphatic imine (C=N–C) groups is 1. The predicted molar refractivity (Wildman–Crippen MR) is 104 cm³/mol. The number of benzene rings is 2. The van der Waals surface area contributed by atoms with Crippen molar-refractivity contribution in [1.82, 2.24) is 0 Å². The van der Waals surface area contributed by atoms with E-state index in [9.17, 15) is 0 Å². The van der Waals surface area contributed by atoms with Gasteiger partial charge < -0.3 is 4.74 Å². The fourth-order valence-corrected chi connectivity index (χ4v) is 3.14. The van der Waals surface area contributed by atoms with E-state index >= 15 is 0 Å². The summed E-state index contributed by atoms with van der Waals surface area (Å²) in [6.45, 7) is 2.74. The summed E-state index contributed by atoms with van der Waals surface area (Å²) in [6.07, 6.45) is 2.02. The first-order valence-electron chi connectivity index (χ1n) is 6.58. The second kappa shape index (κ2) is 6.48. The normalized spacial score (nSPS) is 14.2. The van der Waals surface area contributed by atoms with Crippen LogP contribution in [0, 0.1) is 14.1 Å². The first-order valence-corrected chi connectivity index (χ1v) is 8.74. The Morgan fingerprint density at radius 3 is 2.57 bits per heavy atom. The van der Waals surface area contributed by atoms with Gasteiger partial charge in [-0.05, 0) is 76.4 Å². The molecule has 0 aliphatic carbocycles. The molecule has 0 N–H and O–H groups in total. The third-order valence-electron chi connectivity index (χ3n) is 3.21. The van der Waals surface area contributed by atoms with Gasteiger partial charge in [-0.1, -0.05) is 29.8 Å². The van der Waals surface area contributed by atoms with E-state index < -0.39 is 0 Å². The molecule has 0 fully saturated rings. The molecule has 0 radical (unpaired) electrons. The maximum Gasteiger partial charge on any atom is 0.223 e. The van der Waals surface area contributed by atoms with E-state index in [2.05, 4.69) is 99.6 Å². The molecule has 0 saturated heterocycles. The van der Waals surface area contributed by atoms with E-state index in [0.29, 0.717) is 12.4 Å². The molecule has 2 nitrogen and oxygen atoms in total. The van der Waals surface area contributed by atoms with E-state index in [-0.39, 0.29) is 0 Å². The van der Waals surface area contributed by atoms with Gasteiger partial charge in [0.05, 0.1) is 12.1 Å². The minimum atomic E-state index is 0.653. The number of aryl methyl sites for hydroxylation is 1. The summed E-state index contributed by atoms with van der Waals surface area (Å²) >= 11 is 4.63. The molecule has 0 bridgehead atoms. The molecule has 1 aliphatic rings. The van der Waals surface area contributed by atoms with Crippen LogP contribution in [0.15, 0.2) is 53.5 Å². The molecule has 0 unspecified atom stereocenters. The molecular weight excluding hydrogens is 488 g/mol. The van der Waals surface area contributed by atoms with Crippen molar-refractivity contribution in [3.8, 4) is 0 Å². The monoisotopic (exact) mass is 501 g/mol. The highest BCUT2D eigenvalue weighted by atomic mass is 127. The lowest BCUT2D eigenvalue weighted by atomic mass is 10.1. The van der Waals surface area contributed by atoms with Gasteiger partial charge in [0, 0.05) is 12.7 Å². The van der Waals surface area contributed by atoms with Crippen molar-refractivity contribution in [3.63, 3.8) is 0 Å². The summed E-state index contributed by atoms with van der Waals surface area (Å²) < 4.78 is 8.37. The van der Waals surface area contributed by atoms with Crippen molar-refractivity contribution in [2.24, 2.45) is 4.99 Å². The molecule has 0 aromatic heterocycles. The van der Waals surface area contributed by atoms with E-state index in [4.69, 9.17) is 4.74 Å². The van der Waals surface area contributed by atoms with Gasteiger partial charge in [-0.15, -0.1) is 0 Å². The largest absolute Gasteiger partial charge is 0.438 e. The van der Waals surface area contributed by atoms with E-state index in [0.717, 1.165) is 20.5 Å². The van der Waals surface area contributed by atoms with Crippen LogP contribution < -0.4 is 0 Å². The fraction of sp³-hybridized carbons (Fsp3) is 0.118. The standard InChI is InChI=1S/C17H13I2NO/c1-11-2-4-12(5-3-11)16-8-9-20-17(21-16)14-10-13(18)6-7-15(14)19/h2-8,10H,9H2,1H3. The summed E-state index contributed by atoms with van der Waals surface area (Å²) in [4.78, 5) is 4.50. The topological polar surface area (TPSA) is 21.6 Å². The van der Waals surface area contributed by atoms with Crippen LogP contribution in [0.2, 0.25) is 0 Å². The molecular formula is C17H13I2NO. The van der Waals surface area contributed by atoms with Gasteiger partial charge in [0.25, 0.3) is 0 Å². The molecule has 1 heterocycles. The molecule has 0 amide bonds. The molecule has 4 heteroatoms. The maximum atomic E-state index is 6.04. The van der Waals surface area contributed by atoms with Crippen molar-refractivity contribution >= 4 is 56.8 Å². The molecule has 21 heavy (non-hydrogen) atoms. The quantitative estimate of drug-likeness (QED) is 0.530. The Labute approximate surface area is 151 Å². The summed E-state index contributed by atoms with van der Waals surface area (Å²) in [5.74, 6) is 1.59. The molecule has 106 valence electrons. The molecule has 2 aromatic carbocycles. The van der Waals surface area contributed by atoms with Crippen molar-refractivity contribution in [1.29, 1.82) is 0 Å². The van der Waals surface area contributed by atoms with Gasteiger partial charge in [0.2, 0.25) is 5.90 Å². The third-order valence-corrected chi connectivity index (χ3v) is 4.82. The number of ether oxygens (including phenoxy) is 1. The summed E-state index contributed by atoms with van der Waals surface area (Å²) in [6, 6.07) is 14.7. The highest BCUT2D eigenvalue weighted by Crippen LogP contribution is 2.25. The van der Waals surface area contributed by atoms with Gasteiger partial charge in [-0.2, -0.15) is 0 Å². The van der Waals surface area contributed by atoms with Crippen molar-refractivity contribution in [2.75, 3.05) is 6.54 Å². The Morgan fingerprint density at radius 1 is 1.05 bits per heavy atom. The van der Waals surface area contributed by atoms with Gasteiger partial charge in [-0.25, -0.2) is 4.99 Å². The average Bonchev–Trinajstić information content (AvgIpc) is 2.50. The van der Waals surface area contributed by atoms with Crippen LogP contribution in [0.4, 0.5) is 0 Å². The molecule has 2 aromatic rings. The van der Waals surface area contributed by atoms with Crippen molar-refractivity contribution in [3.05, 3.63) is 72.4 Å². The second-order valence-electron chi connectivity index (χ2n) is 4.81. The van der Waals surface area contributed by atoms with Gasteiger partial charge in [0.15, 0.2) is 0 Å². The Kier molecular flexibility index (Phi) is 4.63. The third kappa shape index (κ3) is 3.48. The van der Waals surface area contributed by atoms with Crippen molar-refractivity contribution < 1.29 is 4.74 Å². The fourth-order valence-electron chi connectivity index (χ4n) is 2.09. The zero-order valence-corrected chi connectivity index (χ0v) is 15.8. The zero-order valence-electron chi connectivity index (χ0n) is 11.4. The highest BCUT2D eigenvalue weighted by molar-refractivity contribution is 14.1. The Bertz CT molecular complexity index is 733. The zero-order chi connectivity index (χ0) is 14.8. The predicted octanol–water partition coefficient (Wildman–Crippen LogP) is 5.02. The minimum absolute atomic E-state index is 0.653. The number of rotatable bonds is 2. The molecule has 0 saturated carbocycles. The molecule has 0 spiro atoms. The Balaban J connectivity index is 1.89. The van der Waals surface area contributed by atoms with E-state index in [1.807, 2.05) is 6.08 Å². The average molecular weight is 501 g/mol. The molecule has 3 rings (SSSR count). The van der Waals surface area contributed by atoms with Gasteiger partial charge in [-0.3, -0.25) is 0 Å². The van der Waals surface area contributed by atoms with Crippen LogP contribution in [0.5, 0.6) is 0 Å². The summed E-state index contributed by atoms with van der Waals surface area (Å²) in [7, 11) is 0. The number of hydrogen-bond donors (Lipinski definition) is 0. The first kappa shape index (κ1) is 15.0. The van der Waals surface area contributed by atoms with Crippen LogP contribution >= 0.6 is 45.2 Å². The smallest absolute Gasteiger partial charge is 0.223 e. The highest BCUT2D eigenvalue weighted by Gasteiger charge is 2.16. The Hall–Kier alpha value is -0.890. The number of hydrogen-bond acceptors (Lipinski definition) is 2. The molecule has 1 aliphatic heterocycles. The van der Waals surface area contributed by atoms with Crippen LogP contribution in [-0.2, 0) is 4.74 Å². The summed E-state index contributed by atoms with van der Waals surface area (Å²) in [5.41, 5.74) is 3.39. The summed E-state index contributed by atoms with van der Waals surface area (Å²) in [5, 5.41) is 0. The van der Waals surface area contributed by atoms with E-state index in [1.165, 1.54) is 9.13 Å². The van der Waals surface area contributed by atoms with Crippen LogP contribution in [0.25, 0.3) is 5.76 Å². The maximum absolute atomic E-state index is 6.04. The van der Waals surface area contributed by atoms with Gasteiger partial charge in [0.1, 0.15) is 5.76 Å². The lowest BCUT2D eigenvalue weighted by Crippen LogP contribution is -2.13. The van der Waals surface area contributed by atoms with Gasteiger partial charge >= 0.3 is 0 Å². The minimum Gasteiger partial charge on any atom is -0.438 e. The Morgan fingerprint density at radius 2 is 1.81 bits per heavy atom. The van der Waals surface area contributed by atoms with Crippen molar-refractivity contribution in [2.45, 2.75) is 6.92 Å². The number of halogens is 2. The lowest BCUT2D eigenvalue weighted by molar-refractivity contribution is 0.496. The van der Waals surface area contributed by atoms with Crippen LogP contribution in [0.1, 0.15) is 16.7 Å². The van der Waals surface area contributed by atoms with Crippen LogP contribution in [0.3, 0.4) is 0 Å².